The topological polar surface area (TPSA) is 61.9 Å². The van der Waals surface area contributed by atoms with Gasteiger partial charge in [0.1, 0.15) is 5.75 Å². The number of nitrogens with zero attached hydrogens (tertiary/aromatic N) is 2. The number of piperidine rings is 2. The van der Waals surface area contributed by atoms with E-state index in [2.05, 4.69) is 22.2 Å². The molecule has 1 N–H and O–H groups in total. The number of hydrogen-bond donors (Lipinski definition) is 1. The Balaban J connectivity index is 1.41. The number of carbonyl (C=O) groups is 2. The Morgan fingerprint density at radius 3 is 2.46 bits per heavy atom. The van der Waals surface area contributed by atoms with Gasteiger partial charge in [0.2, 0.25) is 5.91 Å². The normalized spacial score (nSPS) is 22.0. The molecule has 2 aliphatic rings. The van der Waals surface area contributed by atoms with E-state index in [-0.39, 0.29) is 30.6 Å². The summed E-state index contributed by atoms with van der Waals surface area (Å²) in [6.07, 6.45) is 5.07. The lowest BCUT2D eigenvalue weighted by Crippen LogP contribution is -2.53. The van der Waals surface area contributed by atoms with E-state index in [1.807, 2.05) is 0 Å². The molecule has 2 fully saturated rings. The first-order chi connectivity index (χ1) is 13.5. The van der Waals surface area contributed by atoms with E-state index in [1.54, 1.807) is 31.4 Å². The van der Waals surface area contributed by atoms with E-state index in [1.165, 1.54) is 12.8 Å². The standard InChI is InChI=1S/C22H33N3O3/c1-24-14-11-19(12-15-24)25-13-3-4-18(16-25)23-22(27)10-9-21(26)17-5-7-20(28-2)8-6-17/h5-8,18-19H,3-4,9-16H2,1-2H3,(H,23,27)/t18-/m0/s1. The molecule has 2 aliphatic heterocycles. The fraction of sp³-hybridized carbons (Fsp3) is 0.636. The SMILES string of the molecule is COc1ccc(C(=O)CCC(=O)N[C@H]2CCCN(C3CCN(C)CC3)C2)cc1. The molecule has 6 heteroatoms. The van der Waals surface area contributed by atoms with Crippen LogP contribution in [-0.2, 0) is 4.79 Å². The quantitative estimate of drug-likeness (QED) is 0.728. The third-order valence-corrected chi connectivity index (χ3v) is 6.01. The minimum atomic E-state index is -0.0166. The van der Waals surface area contributed by atoms with E-state index in [0.29, 0.717) is 11.6 Å². The molecule has 0 saturated carbocycles. The maximum Gasteiger partial charge on any atom is 0.220 e. The van der Waals surface area contributed by atoms with Crippen LogP contribution in [0.4, 0.5) is 0 Å². The number of hydrogen-bond acceptors (Lipinski definition) is 5. The lowest BCUT2D eigenvalue weighted by Gasteiger charge is -2.41. The number of likely N-dealkylation sites (tertiary alicyclic amines) is 2. The van der Waals surface area contributed by atoms with Crippen LogP contribution in [0.25, 0.3) is 0 Å². The lowest BCUT2D eigenvalue weighted by molar-refractivity contribution is -0.122. The third-order valence-electron chi connectivity index (χ3n) is 6.01. The molecule has 28 heavy (non-hydrogen) atoms. The Hall–Kier alpha value is -1.92. The van der Waals surface area contributed by atoms with Crippen LogP contribution in [0.5, 0.6) is 5.75 Å². The Labute approximate surface area is 168 Å². The second-order valence-corrected chi connectivity index (χ2v) is 8.09. The van der Waals surface area contributed by atoms with Gasteiger partial charge in [-0.3, -0.25) is 14.5 Å². The predicted octanol–water partition coefficient (Wildman–Crippen LogP) is 2.33. The van der Waals surface area contributed by atoms with Crippen LogP contribution >= 0.6 is 0 Å². The molecule has 0 aliphatic carbocycles. The van der Waals surface area contributed by atoms with Crippen LogP contribution < -0.4 is 10.1 Å². The molecule has 1 atom stereocenters. The summed E-state index contributed by atoms with van der Waals surface area (Å²) >= 11 is 0. The van der Waals surface area contributed by atoms with Crippen molar-refractivity contribution in [1.82, 2.24) is 15.1 Å². The number of amides is 1. The summed E-state index contributed by atoms with van der Waals surface area (Å²) in [6, 6.07) is 7.89. The number of Topliss-reactive ketones (excluding diaryl/α,β-unsaturated/α-hetero) is 1. The summed E-state index contributed by atoms with van der Waals surface area (Å²) < 4.78 is 5.11. The van der Waals surface area contributed by atoms with Gasteiger partial charge in [0.15, 0.2) is 5.78 Å². The highest BCUT2D eigenvalue weighted by Gasteiger charge is 2.28. The zero-order valence-corrected chi connectivity index (χ0v) is 17.2. The second kappa shape index (κ2) is 10.0. The largest absolute Gasteiger partial charge is 0.497 e. The molecule has 2 saturated heterocycles. The summed E-state index contributed by atoms with van der Waals surface area (Å²) in [4.78, 5) is 29.6. The second-order valence-electron chi connectivity index (χ2n) is 8.09. The molecule has 1 amide bonds. The average molecular weight is 388 g/mol. The number of ketones is 1. The van der Waals surface area contributed by atoms with Crippen molar-refractivity contribution in [2.24, 2.45) is 0 Å². The van der Waals surface area contributed by atoms with Gasteiger partial charge >= 0.3 is 0 Å². The van der Waals surface area contributed by atoms with Crippen molar-refractivity contribution in [3.63, 3.8) is 0 Å². The first-order valence-electron chi connectivity index (χ1n) is 10.4. The van der Waals surface area contributed by atoms with E-state index in [0.717, 1.165) is 44.8 Å². The minimum absolute atomic E-state index is 0.00519. The number of ether oxygens (including phenoxy) is 1. The van der Waals surface area contributed by atoms with Crippen LogP contribution in [0.2, 0.25) is 0 Å². The van der Waals surface area contributed by atoms with Crippen LogP contribution in [0.15, 0.2) is 24.3 Å². The number of methoxy groups -OCH3 is 1. The molecule has 0 radical (unpaired) electrons. The molecule has 6 nitrogen and oxygen atoms in total. The smallest absolute Gasteiger partial charge is 0.220 e. The first kappa shape index (κ1) is 20.8. The van der Waals surface area contributed by atoms with Crippen molar-refractivity contribution >= 4 is 11.7 Å². The molecule has 1 aromatic carbocycles. The van der Waals surface area contributed by atoms with Gasteiger partial charge in [-0.15, -0.1) is 0 Å². The monoisotopic (exact) mass is 387 g/mol. The minimum Gasteiger partial charge on any atom is -0.497 e. The van der Waals surface area contributed by atoms with Crippen molar-refractivity contribution in [3.05, 3.63) is 29.8 Å². The molecule has 3 rings (SSSR count). The molecule has 154 valence electrons. The fourth-order valence-corrected chi connectivity index (χ4v) is 4.26. The average Bonchev–Trinajstić information content (AvgIpc) is 2.73. The number of benzene rings is 1. The highest BCUT2D eigenvalue weighted by Crippen LogP contribution is 2.21. The summed E-state index contributed by atoms with van der Waals surface area (Å²) in [6.45, 7) is 4.39. The molecule has 0 spiro atoms. The Morgan fingerprint density at radius 2 is 1.79 bits per heavy atom. The summed E-state index contributed by atoms with van der Waals surface area (Å²) in [7, 11) is 3.78. The zero-order chi connectivity index (χ0) is 19.9. The molecule has 0 bridgehead atoms. The summed E-state index contributed by atoms with van der Waals surface area (Å²) in [5.41, 5.74) is 0.625. The highest BCUT2D eigenvalue weighted by atomic mass is 16.5. The summed E-state index contributed by atoms with van der Waals surface area (Å²) in [5.74, 6) is 0.701. The van der Waals surface area contributed by atoms with Gasteiger partial charge in [-0.05, 0) is 76.6 Å². The van der Waals surface area contributed by atoms with Gasteiger partial charge in [0.05, 0.1) is 7.11 Å². The van der Waals surface area contributed by atoms with Crippen LogP contribution in [0.1, 0.15) is 48.9 Å². The van der Waals surface area contributed by atoms with Crippen molar-refractivity contribution < 1.29 is 14.3 Å². The van der Waals surface area contributed by atoms with E-state index in [4.69, 9.17) is 4.74 Å². The molecule has 1 aromatic rings. The fourth-order valence-electron chi connectivity index (χ4n) is 4.26. The maximum atomic E-state index is 12.4. The van der Waals surface area contributed by atoms with Crippen molar-refractivity contribution in [2.75, 3.05) is 40.3 Å². The lowest BCUT2D eigenvalue weighted by atomic mass is 9.98. The molecule has 2 heterocycles. The van der Waals surface area contributed by atoms with Gasteiger partial charge in [-0.1, -0.05) is 0 Å². The van der Waals surface area contributed by atoms with Gasteiger partial charge < -0.3 is 15.0 Å². The van der Waals surface area contributed by atoms with E-state index < -0.39 is 0 Å². The van der Waals surface area contributed by atoms with Crippen LogP contribution in [0.3, 0.4) is 0 Å². The zero-order valence-electron chi connectivity index (χ0n) is 17.2. The van der Waals surface area contributed by atoms with Crippen molar-refractivity contribution in [3.8, 4) is 5.75 Å². The Bertz CT molecular complexity index is 653. The van der Waals surface area contributed by atoms with E-state index >= 15 is 0 Å². The van der Waals surface area contributed by atoms with Gasteiger partial charge in [0, 0.05) is 37.0 Å². The Kier molecular flexibility index (Phi) is 7.45. The summed E-state index contributed by atoms with van der Waals surface area (Å²) in [5, 5.41) is 3.16. The highest BCUT2D eigenvalue weighted by molar-refractivity contribution is 5.98. The molecule has 0 unspecified atom stereocenters. The predicted molar refractivity (Wildman–Crippen MR) is 110 cm³/mol. The van der Waals surface area contributed by atoms with Gasteiger partial charge in [-0.25, -0.2) is 0 Å². The van der Waals surface area contributed by atoms with Crippen molar-refractivity contribution in [2.45, 2.75) is 50.6 Å². The number of nitrogens with one attached hydrogen (secondary N) is 1. The van der Waals surface area contributed by atoms with Gasteiger partial charge in [0.25, 0.3) is 0 Å². The van der Waals surface area contributed by atoms with Gasteiger partial charge in [-0.2, -0.15) is 0 Å². The van der Waals surface area contributed by atoms with Crippen LogP contribution in [0, 0.1) is 0 Å². The van der Waals surface area contributed by atoms with Crippen molar-refractivity contribution in [1.29, 1.82) is 0 Å². The third kappa shape index (κ3) is 5.79. The molecular weight excluding hydrogens is 354 g/mol. The maximum absolute atomic E-state index is 12.4. The first-order valence-corrected chi connectivity index (χ1v) is 10.4. The van der Waals surface area contributed by atoms with Crippen LogP contribution in [-0.4, -0.2) is 73.9 Å². The molecular formula is C22H33N3O3. The van der Waals surface area contributed by atoms with E-state index in [9.17, 15) is 9.59 Å². The number of carbonyl (C=O) groups excluding carboxylic acids is 2. The number of rotatable bonds is 7. The Morgan fingerprint density at radius 1 is 1.07 bits per heavy atom. The molecule has 0 aromatic heterocycles.